The predicted molar refractivity (Wildman–Crippen MR) is 100 cm³/mol. The molecular formula is C20H24N2O4. The van der Waals surface area contributed by atoms with Gasteiger partial charge in [0.15, 0.2) is 11.5 Å². The number of nitrogens with zero attached hydrogens (tertiary/aromatic N) is 1. The lowest BCUT2D eigenvalue weighted by molar-refractivity contribution is -0.128. The standard InChI is InChI=1S/C20H24N2O4/c1-4-22(16-8-6-5-7-9-16)20(24)13-19(23)21-14-15-10-11-17(25-2)18(12-15)26-3/h5-12H,4,13-14H2,1-3H3,(H,21,23). The largest absolute Gasteiger partial charge is 0.493 e. The van der Waals surface area contributed by atoms with Gasteiger partial charge in [0.05, 0.1) is 14.2 Å². The molecule has 2 amide bonds. The summed E-state index contributed by atoms with van der Waals surface area (Å²) < 4.78 is 10.4. The van der Waals surface area contributed by atoms with E-state index in [0.29, 0.717) is 24.6 Å². The average molecular weight is 356 g/mol. The van der Waals surface area contributed by atoms with E-state index in [4.69, 9.17) is 9.47 Å². The second kappa shape index (κ2) is 9.46. The van der Waals surface area contributed by atoms with Crippen LogP contribution in [0.4, 0.5) is 5.69 Å². The first-order valence-corrected chi connectivity index (χ1v) is 8.42. The minimum atomic E-state index is -0.320. The van der Waals surface area contributed by atoms with Gasteiger partial charge in [0.1, 0.15) is 6.42 Å². The second-order valence-corrected chi connectivity index (χ2v) is 5.62. The maximum absolute atomic E-state index is 12.4. The van der Waals surface area contributed by atoms with E-state index >= 15 is 0 Å². The number of rotatable bonds is 8. The lowest BCUT2D eigenvalue weighted by atomic mass is 10.2. The van der Waals surface area contributed by atoms with Crippen molar-refractivity contribution in [2.24, 2.45) is 0 Å². The molecule has 0 radical (unpaired) electrons. The molecule has 0 atom stereocenters. The number of hydrogen-bond acceptors (Lipinski definition) is 4. The van der Waals surface area contributed by atoms with Gasteiger partial charge in [0.2, 0.25) is 11.8 Å². The van der Waals surface area contributed by atoms with Crippen LogP contribution in [-0.2, 0) is 16.1 Å². The summed E-state index contributed by atoms with van der Waals surface area (Å²) in [5.74, 6) is 0.665. The molecule has 0 aliphatic rings. The molecule has 2 aromatic carbocycles. The zero-order valence-electron chi connectivity index (χ0n) is 15.3. The Morgan fingerprint density at radius 3 is 2.31 bits per heavy atom. The highest BCUT2D eigenvalue weighted by Gasteiger charge is 2.17. The summed E-state index contributed by atoms with van der Waals surface area (Å²) in [4.78, 5) is 26.1. The Balaban J connectivity index is 1.93. The van der Waals surface area contributed by atoms with E-state index in [0.717, 1.165) is 11.3 Å². The third-order valence-corrected chi connectivity index (χ3v) is 3.93. The quantitative estimate of drug-likeness (QED) is 0.739. The maximum atomic E-state index is 12.4. The number of amides is 2. The summed E-state index contributed by atoms with van der Waals surface area (Å²) >= 11 is 0. The van der Waals surface area contributed by atoms with Gasteiger partial charge in [0.25, 0.3) is 0 Å². The van der Waals surface area contributed by atoms with Crippen molar-refractivity contribution >= 4 is 17.5 Å². The van der Waals surface area contributed by atoms with E-state index in [9.17, 15) is 9.59 Å². The fraction of sp³-hybridized carbons (Fsp3) is 0.300. The number of benzene rings is 2. The summed E-state index contributed by atoms with van der Waals surface area (Å²) in [6.45, 7) is 2.70. The van der Waals surface area contributed by atoms with Gasteiger partial charge in [0, 0.05) is 18.8 Å². The van der Waals surface area contributed by atoms with Gasteiger partial charge in [-0.15, -0.1) is 0 Å². The van der Waals surface area contributed by atoms with Crippen LogP contribution >= 0.6 is 0 Å². The number of hydrogen-bond donors (Lipinski definition) is 1. The van der Waals surface area contributed by atoms with Gasteiger partial charge in [-0.1, -0.05) is 24.3 Å². The molecule has 0 spiro atoms. The number of anilines is 1. The van der Waals surface area contributed by atoms with E-state index in [2.05, 4.69) is 5.32 Å². The zero-order chi connectivity index (χ0) is 18.9. The lowest BCUT2D eigenvalue weighted by Gasteiger charge is -2.20. The Morgan fingerprint density at radius 1 is 1.00 bits per heavy atom. The highest BCUT2D eigenvalue weighted by atomic mass is 16.5. The molecule has 0 unspecified atom stereocenters. The lowest BCUT2D eigenvalue weighted by Crippen LogP contribution is -2.35. The van der Waals surface area contributed by atoms with Crippen molar-refractivity contribution in [3.63, 3.8) is 0 Å². The predicted octanol–water partition coefficient (Wildman–Crippen LogP) is 2.76. The summed E-state index contributed by atoms with van der Waals surface area (Å²) in [7, 11) is 3.12. The molecule has 2 rings (SSSR count). The topological polar surface area (TPSA) is 67.9 Å². The number of ether oxygens (including phenoxy) is 2. The van der Waals surface area contributed by atoms with Gasteiger partial charge in [-0.3, -0.25) is 9.59 Å². The summed E-state index contributed by atoms with van der Waals surface area (Å²) in [5.41, 5.74) is 1.64. The molecule has 26 heavy (non-hydrogen) atoms. The van der Waals surface area contributed by atoms with Crippen molar-refractivity contribution in [1.29, 1.82) is 0 Å². The minimum absolute atomic E-state index is 0.198. The molecular weight excluding hydrogens is 332 g/mol. The van der Waals surface area contributed by atoms with E-state index in [1.165, 1.54) is 0 Å². The Morgan fingerprint density at radius 2 is 1.69 bits per heavy atom. The van der Waals surface area contributed by atoms with Crippen LogP contribution in [0.2, 0.25) is 0 Å². The van der Waals surface area contributed by atoms with E-state index in [-0.39, 0.29) is 18.2 Å². The highest BCUT2D eigenvalue weighted by molar-refractivity contribution is 6.04. The Labute approximate surface area is 153 Å². The second-order valence-electron chi connectivity index (χ2n) is 5.62. The van der Waals surface area contributed by atoms with E-state index in [1.807, 2.05) is 43.3 Å². The number of para-hydroxylation sites is 1. The van der Waals surface area contributed by atoms with Crippen LogP contribution in [0, 0.1) is 0 Å². The molecule has 0 saturated carbocycles. The monoisotopic (exact) mass is 356 g/mol. The SMILES string of the molecule is CCN(C(=O)CC(=O)NCc1ccc(OC)c(OC)c1)c1ccccc1. The van der Waals surface area contributed by atoms with Crippen molar-refractivity contribution in [3.8, 4) is 11.5 Å². The molecule has 0 saturated heterocycles. The van der Waals surface area contributed by atoms with Gasteiger partial charge >= 0.3 is 0 Å². The van der Waals surface area contributed by atoms with Crippen LogP contribution in [-0.4, -0.2) is 32.6 Å². The normalized spacial score (nSPS) is 10.1. The fourth-order valence-electron chi connectivity index (χ4n) is 2.60. The van der Waals surface area contributed by atoms with Crippen molar-refractivity contribution in [3.05, 3.63) is 54.1 Å². The third kappa shape index (κ3) is 4.99. The van der Waals surface area contributed by atoms with Gasteiger partial charge in [-0.05, 0) is 36.8 Å². The van der Waals surface area contributed by atoms with Crippen LogP contribution in [0.15, 0.2) is 48.5 Å². The van der Waals surface area contributed by atoms with Crippen LogP contribution in [0.3, 0.4) is 0 Å². The van der Waals surface area contributed by atoms with Crippen LogP contribution in [0.1, 0.15) is 18.9 Å². The molecule has 138 valence electrons. The van der Waals surface area contributed by atoms with Crippen LogP contribution < -0.4 is 19.7 Å². The van der Waals surface area contributed by atoms with Gasteiger partial charge in [-0.25, -0.2) is 0 Å². The summed E-state index contributed by atoms with van der Waals surface area (Å²) in [5, 5.41) is 2.77. The number of carbonyl (C=O) groups excluding carboxylic acids is 2. The summed E-state index contributed by atoms with van der Waals surface area (Å²) in [6, 6.07) is 14.7. The number of carbonyl (C=O) groups is 2. The molecule has 0 aliphatic carbocycles. The molecule has 0 fully saturated rings. The molecule has 0 aliphatic heterocycles. The highest BCUT2D eigenvalue weighted by Crippen LogP contribution is 2.27. The molecule has 0 bridgehead atoms. The number of methoxy groups -OCH3 is 2. The van der Waals surface area contributed by atoms with Crippen LogP contribution in [0.25, 0.3) is 0 Å². The first kappa shape index (κ1) is 19.3. The van der Waals surface area contributed by atoms with Crippen LogP contribution in [0.5, 0.6) is 11.5 Å². The van der Waals surface area contributed by atoms with Crippen molar-refractivity contribution in [2.45, 2.75) is 19.9 Å². The molecule has 6 nitrogen and oxygen atoms in total. The molecule has 2 aromatic rings. The number of nitrogens with one attached hydrogen (secondary N) is 1. The zero-order valence-corrected chi connectivity index (χ0v) is 15.3. The summed E-state index contributed by atoms with van der Waals surface area (Å²) in [6.07, 6.45) is -0.198. The fourth-order valence-corrected chi connectivity index (χ4v) is 2.60. The maximum Gasteiger partial charge on any atom is 0.236 e. The van der Waals surface area contributed by atoms with Crippen molar-refractivity contribution in [2.75, 3.05) is 25.7 Å². The first-order chi connectivity index (χ1) is 12.6. The van der Waals surface area contributed by atoms with Gasteiger partial charge in [-0.2, -0.15) is 0 Å². The Bertz CT molecular complexity index is 747. The third-order valence-electron chi connectivity index (χ3n) is 3.93. The average Bonchev–Trinajstić information content (AvgIpc) is 2.67. The molecule has 0 heterocycles. The Kier molecular flexibility index (Phi) is 7.02. The first-order valence-electron chi connectivity index (χ1n) is 8.42. The Hall–Kier alpha value is -3.02. The minimum Gasteiger partial charge on any atom is -0.493 e. The smallest absolute Gasteiger partial charge is 0.236 e. The van der Waals surface area contributed by atoms with Crippen molar-refractivity contribution < 1.29 is 19.1 Å². The molecule has 6 heteroatoms. The van der Waals surface area contributed by atoms with E-state index < -0.39 is 0 Å². The van der Waals surface area contributed by atoms with Crippen molar-refractivity contribution in [1.82, 2.24) is 5.32 Å². The van der Waals surface area contributed by atoms with E-state index in [1.54, 1.807) is 31.3 Å². The molecule has 0 aromatic heterocycles. The van der Waals surface area contributed by atoms with Gasteiger partial charge < -0.3 is 19.7 Å². The molecule has 1 N–H and O–H groups in total.